The number of carbonyl (C=O) groups is 2. The second-order valence-electron chi connectivity index (χ2n) is 10.4. The lowest BCUT2D eigenvalue weighted by Crippen LogP contribution is -2.41. The predicted molar refractivity (Wildman–Crippen MR) is 154 cm³/mol. The Bertz CT molecular complexity index is 1200. The summed E-state index contributed by atoms with van der Waals surface area (Å²) >= 11 is 1.75. The first kappa shape index (κ1) is 27.3. The summed E-state index contributed by atoms with van der Waals surface area (Å²) in [6.07, 6.45) is 9.01. The van der Waals surface area contributed by atoms with Gasteiger partial charge < -0.3 is 19.9 Å². The number of likely N-dealkylation sites (tertiary alicyclic amines) is 2. The molecule has 1 aromatic heterocycles. The molecule has 3 aromatic rings. The van der Waals surface area contributed by atoms with Gasteiger partial charge in [-0.1, -0.05) is 37.2 Å². The Kier molecular flexibility index (Phi) is 9.21. The number of thioether (sulfide) groups is 1. The molecule has 1 atom stereocenters. The normalized spacial score (nSPS) is 17.5. The molecule has 2 saturated heterocycles. The predicted octanol–water partition coefficient (Wildman–Crippen LogP) is 6.04. The van der Waals surface area contributed by atoms with E-state index in [2.05, 4.69) is 27.1 Å². The Hall–Kier alpha value is -3.30. The maximum Gasteiger partial charge on any atom is 0.415 e. The van der Waals surface area contributed by atoms with E-state index in [1.54, 1.807) is 47.1 Å². The average molecular weight is 548 g/mol. The van der Waals surface area contributed by atoms with Crippen LogP contribution in [0.25, 0.3) is 0 Å². The molecule has 39 heavy (non-hydrogen) atoms. The Morgan fingerprint density at radius 2 is 1.74 bits per heavy atom. The maximum absolute atomic E-state index is 12.7. The van der Waals surface area contributed by atoms with Gasteiger partial charge in [0.2, 0.25) is 0 Å². The largest absolute Gasteiger partial charge is 0.415 e. The molecular weight excluding hydrogens is 510 g/mol. The fourth-order valence-corrected chi connectivity index (χ4v) is 6.33. The number of hydrogen-bond donors (Lipinski definition) is 2. The first-order valence-electron chi connectivity index (χ1n) is 13.9. The van der Waals surface area contributed by atoms with Crippen molar-refractivity contribution in [2.45, 2.75) is 56.0 Å². The minimum absolute atomic E-state index is 0.161. The second kappa shape index (κ2) is 13.2. The highest BCUT2D eigenvalue weighted by molar-refractivity contribution is 7.99. The fourth-order valence-electron chi connectivity index (χ4n) is 5.25. The van der Waals surface area contributed by atoms with Crippen LogP contribution in [0.5, 0.6) is 5.75 Å². The van der Waals surface area contributed by atoms with Crippen molar-refractivity contribution in [2.75, 3.05) is 31.5 Å². The van der Waals surface area contributed by atoms with E-state index in [9.17, 15) is 9.59 Å². The van der Waals surface area contributed by atoms with E-state index in [1.165, 1.54) is 24.8 Å². The fraction of sp³-hybridized carbons (Fsp3) is 0.433. The summed E-state index contributed by atoms with van der Waals surface area (Å²) in [7, 11) is 0. The first-order chi connectivity index (χ1) is 19.0. The molecule has 2 aliphatic rings. The van der Waals surface area contributed by atoms with Crippen LogP contribution in [-0.4, -0.2) is 63.2 Å². The number of nitrogens with zero attached hydrogens (tertiary/aromatic N) is 3. The van der Waals surface area contributed by atoms with Crippen LogP contribution in [0.1, 0.15) is 54.9 Å². The van der Waals surface area contributed by atoms with Crippen LogP contribution in [0.15, 0.2) is 66.1 Å². The minimum Gasteiger partial charge on any atom is -0.410 e. The zero-order chi connectivity index (χ0) is 27.0. The second-order valence-corrected chi connectivity index (χ2v) is 11.8. The number of amides is 2. The smallest absolute Gasteiger partial charge is 0.410 e. The van der Waals surface area contributed by atoms with Crippen LogP contribution >= 0.6 is 11.8 Å². The highest BCUT2D eigenvalue weighted by atomic mass is 32.2. The van der Waals surface area contributed by atoms with Gasteiger partial charge in [0.25, 0.3) is 5.91 Å². The first-order valence-corrected chi connectivity index (χ1v) is 14.8. The summed E-state index contributed by atoms with van der Waals surface area (Å²) in [5.41, 5.74) is 2.50. The van der Waals surface area contributed by atoms with Crippen molar-refractivity contribution >= 4 is 29.4 Å². The van der Waals surface area contributed by atoms with E-state index in [1.807, 2.05) is 30.5 Å². The zero-order valence-corrected chi connectivity index (χ0v) is 23.3. The molecule has 3 heterocycles. The standard InChI is InChI=1S/C30H37N5O3S/c1-22(39-29-31-15-16-32-29)24-13-19-35(20-14-24)30(37)38-27-11-9-26(10-12-27)33-28(36)25-7-5-23(6-8-25)21-34-17-3-2-4-18-34/h5-12,15-16,22,24H,2-4,13-14,17-21H2,1H3,(H,31,32)(H,33,36). The van der Waals surface area contributed by atoms with Crippen LogP contribution in [-0.2, 0) is 6.54 Å². The molecule has 0 aliphatic carbocycles. The molecule has 2 aromatic carbocycles. The highest BCUT2D eigenvalue weighted by Crippen LogP contribution is 2.32. The number of hydrogen-bond acceptors (Lipinski definition) is 6. The van der Waals surface area contributed by atoms with Gasteiger partial charge in [0.05, 0.1) is 0 Å². The molecule has 0 bridgehead atoms. The Balaban J connectivity index is 1.06. The molecule has 8 nitrogen and oxygen atoms in total. The van der Waals surface area contributed by atoms with Crippen LogP contribution in [0, 0.1) is 5.92 Å². The quantitative estimate of drug-likeness (QED) is 0.334. The molecule has 5 rings (SSSR count). The molecule has 2 fully saturated rings. The number of imidazole rings is 1. The zero-order valence-electron chi connectivity index (χ0n) is 22.5. The molecule has 9 heteroatoms. The van der Waals surface area contributed by atoms with Crippen LogP contribution in [0.2, 0.25) is 0 Å². The van der Waals surface area contributed by atoms with Crippen LogP contribution in [0.4, 0.5) is 10.5 Å². The van der Waals surface area contributed by atoms with Crippen molar-refractivity contribution < 1.29 is 14.3 Å². The molecule has 2 amide bonds. The number of aromatic nitrogens is 2. The van der Waals surface area contributed by atoms with Crippen molar-refractivity contribution in [2.24, 2.45) is 5.92 Å². The lowest BCUT2D eigenvalue weighted by Gasteiger charge is -2.33. The lowest BCUT2D eigenvalue weighted by atomic mass is 9.94. The number of benzene rings is 2. The van der Waals surface area contributed by atoms with Crippen molar-refractivity contribution in [3.63, 3.8) is 0 Å². The van der Waals surface area contributed by atoms with Crippen LogP contribution in [0.3, 0.4) is 0 Å². The van der Waals surface area contributed by atoms with Crippen molar-refractivity contribution in [3.05, 3.63) is 72.1 Å². The van der Waals surface area contributed by atoms with Gasteiger partial charge in [0.1, 0.15) is 5.75 Å². The topological polar surface area (TPSA) is 90.6 Å². The lowest BCUT2D eigenvalue weighted by molar-refractivity contribution is 0.102. The number of nitrogens with one attached hydrogen (secondary N) is 2. The number of aromatic amines is 1. The van der Waals surface area contributed by atoms with Crippen LogP contribution < -0.4 is 10.1 Å². The summed E-state index contributed by atoms with van der Waals surface area (Å²) in [6.45, 7) is 6.81. The molecule has 2 aliphatic heterocycles. The molecule has 206 valence electrons. The third kappa shape index (κ3) is 7.64. The average Bonchev–Trinajstić information content (AvgIpc) is 3.48. The van der Waals surface area contributed by atoms with Gasteiger partial charge in [-0.3, -0.25) is 9.69 Å². The number of ether oxygens (including phenoxy) is 1. The van der Waals surface area contributed by atoms with Crippen molar-refractivity contribution in [3.8, 4) is 5.75 Å². The molecule has 0 saturated carbocycles. The molecule has 0 radical (unpaired) electrons. The van der Waals surface area contributed by atoms with Gasteiger partial charge in [-0.2, -0.15) is 0 Å². The van der Waals surface area contributed by atoms with E-state index in [4.69, 9.17) is 4.74 Å². The number of H-pyrrole nitrogens is 1. The minimum atomic E-state index is -0.332. The monoisotopic (exact) mass is 547 g/mol. The molecule has 0 spiro atoms. The summed E-state index contributed by atoms with van der Waals surface area (Å²) in [6, 6.07) is 14.8. The van der Waals surface area contributed by atoms with Gasteiger partial charge in [0, 0.05) is 48.5 Å². The SMILES string of the molecule is CC(Sc1ncc[nH]1)C1CCN(C(=O)Oc2ccc(NC(=O)c3ccc(CN4CCCCC4)cc3)cc2)CC1. The number of rotatable bonds is 8. The molecule has 1 unspecified atom stereocenters. The summed E-state index contributed by atoms with van der Waals surface area (Å²) < 4.78 is 5.61. The van der Waals surface area contributed by atoms with E-state index in [0.717, 1.165) is 37.6 Å². The highest BCUT2D eigenvalue weighted by Gasteiger charge is 2.28. The Labute approximate surface area is 234 Å². The van der Waals surface area contributed by atoms with Gasteiger partial charge in [-0.25, -0.2) is 9.78 Å². The van der Waals surface area contributed by atoms with Gasteiger partial charge in [0.15, 0.2) is 5.16 Å². The van der Waals surface area contributed by atoms with E-state index < -0.39 is 0 Å². The summed E-state index contributed by atoms with van der Waals surface area (Å²) in [5.74, 6) is 0.827. The third-order valence-electron chi connectivity index (χ3n) is 7.62. The number of piperidine rings is 2. The van der Waals surface area contributed by atoms with E-state index in [-0.39, 0.29) is 12.0 Å². The van der Waals surface area contributed by atoms with Gasteiger partial charge in [-0.05, 0) is 86.7 Å². The van der Waals surface area contributed by atoms with Gasteiger partial charge in [-0.15, -0.1) is 0 Å². The van der Waals surface area contributed by atoms with Crippen molar-refractivity contribution in [1.29, 1.82) is 0 Å². The third-order valence-corrected chi connectivity index (χ3v) is 8.82. The summed E-state index contributed by atoms with van der Waals surface area (Å²) in [4.78, 5) is 37.1. The number of anilines is 1. The van der Waals surface area contributed by atoms with E-state index in [0.29, 0.717) is 41.3 Å². The molecular formula is C30H37N5O3S. The Morgan fingerprint density at radius 3 is 2.41 bits per heavy atom. The summed E-state index contributed by atoms with van der Waals surface area (Å²) in [5, 5.41) is 4.29. The maximum atomic E-state index is 12.7. The van der Waals surface area contributed by atoms with E-state index >= 15 is 0 Å². The Morgan fingerprint density at radius 1 is 1.03 bits per heavy atom. The van der Waals surface area contributed by atoms with Gasteiger partial charge >= 0.3 is 6.09 Å². The molecule has 2 N–H and O–H groups in total. The van der Waals surface area contributed by atoms with Crippen molar-refractivity contribution in [1.82, 2.24) is 19.8 Å². The number of carbonyl (C=O) groups excluding carboxylic acids is 2.